The van der Waals surface area contributed by atoms with Gasteiger partial charge in [-0.1, -0.05) is 13.8 Å². The molecule has 2 unspecified atom stereocenters. The van der Waals surface area contributed by atoms with Gasteiger partial charge in [0.2, 0.25) is 0 Å². The molecule has 1 N–H and O–H groups in total. The van der Waals surface area contributed by atoms with Gasteiger partial charge in [0.25, 0.3) is 0 Å². The lowest BCUT2D eigenvalue weighted by molar-refractivity contribution is 0.216. The summed E-state index contributed by atoms with van der Waals surface area (Å²) in [5.74, 6) is 0.666. The summed E-state index contributed by atoms with van der Waals surface area (Å²) in [6.07, 6.45) is 5.72. The molecule has 2 atom stereocenters. The lowest BCUT2D eigenvalue weighted by Gasteiger charge is -2.31. The van der Waals surface area contributed by atoms with Crippen molar-refractivity contribution < 1.29 is 0 Å². The summed E-state index contributed by atoms with van der Waals surface area (Å²) in [6.45, 7) is 5.63. The average molecular weight is 264 g/mol. The molecular formula is C15H28N4. The number of nitrogens with zero attached hydrogens (tertiary/aromatic N) is 3. The SMILES string of the molecule is CC(C)C(CNC1CCCc2c1cnn2C)N(C)C. The first-order chi connectivity index (χ1) is 9.00. The van der Waals surface area contributed by atoms with E-state index in [0.29, 0.717) is 18.0 Å². The average Bonchev–Trinajstić information content (AvgIpc) is 2.71. The maximum Gasteiger partial charge on any atom is 0.0540 e. The number of fused-ring (bicyclic) bond motifs is 1. The normalized spacial score (nSPS) is 20.9. The molecule has 19 heavy (non-hydrogen) atoms. The molecule has 1 aliphatic carbocycles. The van der Waals surface area contributed by atoms with E-state index in [2.05, 4.69) is 50.3 Å². The molecule has 0 fully saturated rings. The van der Waals surface area contributed by atoms with Crippen LogP contribution in [-0.4, -0.2) is 41.4 Å². The zero-order valence-electron chi connectivity index (χ0n) is 13.0. The molecular weight excluding hydrogens is 236 g/mol. The van der Waals surface area contributed by atoms with Crippen LogP contribution in [0.5, 0.6) is 0 Å². The van der Waals surface area contributed by atoms with Crippen molar-refractivity contribution in [2.45, 2.75) is 45.2 Å². The highest BCUT2D eigenvalue weighted by atomic mass is 15.3. The zero-order valence-corrected chi connectivity index (χ0v) is 13.0. The second-order valence-corrected chi connectivity index (χ2v) is 6.30. The largest absolute Gasteiger partial charge is 0.308 e. The lowest BCUT2D eigenvalue weighted by Crippen LogP contribution is -2.43. The molecule has 0 saturated heterocycles. The number of rotatable bonds is 5. The van der Waals surface area contributed by atoms with Crippen LogP contribution < -0.4 is 5.32 Å². The molecule has 4 nitrogen and oxygen atoms in total. The number of hydrogen-bond acceptors (Lipinski definition) is 3. The number of aryl methyl sites for hydroxylation is 1. The van der Waals surface area contributed by atoms with E-state index in [0.717, 1.165) is 6.54 Å². The molecule has 1 heterocycles. The van der Waals surface area contributed by atoms with Gasteiger partial charge < -0.3 is 10.2 Å². The van der Waals surface area contributed by atoms with E-state index in [1.54, 1.807) is 0 Å². The Morgan fingerprint density at radius 3 is 2.84 bits per heavy atom. The van der Waals surface area contributed by atoms with Gasteiger partial charge in [0.1, 0.15) is 0 Å². The Bertz CT molecular complexity index is 400. The first-order valence-corrected chi connectivity index (χ1v) is 7.41. The van der Waals surface area contributed by atoms with E-state index < -0.39 is 0 Å². The Morgan fingerprint density at radius 1 is 1.47 bits per heavy atom. The minimum Gasteiger partial charge on any atom is -0.308 e. The predicted molar refractivity (Wildman–Crippen MR) is 79.2 cm³/mol. The summed E-state index contributed by atoms with van der Waals surface area (Å²) in [5, 5.41) is 8.17. The van der Waals surface area contributed by atoms with Crippen LogP contribution in [0.25, 0.3) is 0 Å². The van der Waals surface area contributed by atoms with E-state index in [1.807, 2.05) is 10.9 Å². The molecule has 0 saturated carbocycles. The van der Waals surface area contributed by atoms with Crippen LogP contribution in [0.2, 0.25) is 0 Å². The Balaban J connectivity index is 2.01. The fraction of sp³-hybridized carbons (Fsp3) is 0.800. The van der Waals surface area contributed by atoms with E-state index >= 15 is 0 Å². The minimum absolute atomic E-state index is 0.485. The standard InChI is InChI=1S/C15H28N4/c1-11(2)15(18(3)4)10-16-13-7-6-8-14-12(13)9-17-19(14)5/h9,11,13,15-16H,6-8,10H2,1-5H3. The van der Waals surface area contributed by atoms with Crippen molar-refractivity contribution in [2.75, 3.05) is 20.6 Å². The summed E-state index contributed by atoms with van der Waals surface area (Å²) in [4.78, 5) is 2.32. The van der Waals surface area contributed by atoms with Crippen LogP contribution in [0.4, 0.5) is 0 Å². The molecule has 0 aliphatic heterocycles. The Kier molecular flexibility index (Phi) is 4.63. The third-order valence-corrected chi connectivity index (χ3v) is 4.38. The summed E-state index contributed by atoms with van der Waals surface area (Å²) in [7, 11) is 6.39. The number of aromatic nitrogens is 2. The van der Waals surface area contributed by atoms with Gasteiger partial charge in [-0.3, -0.25) is 4.68 Å². The third-order valence-electron chi connectivity index (χ3n) is 4.38. The van der Waals surface area contributed by atoms with Crippen molar-refractivity contribution in [3.05, 3.63) is 17.5 Å². The van der Waals surface area contributed by atoms with Gasteiger partial charge in [0, 0.05) is 36.9 Å². The first kappa shape index (κ1) is 14.5. The zero-order chi connectivity index (χ0) is 14.0. The Labute approximate surface area is 117 Å². The maximum atomic E-state index is 4.41. The molecule has 2 rings (SSSR count). The second-order valence-electron chi connectivity index (χ2n) is 6.30. The van der Waals surface area contributed by atoms with Gasteiger partial charge in [0.15, 0.2) is 0 Å². The highest BCUT2D eigenvalue weighted by molar-refractivity contribution is 5.24. The topological polar surface area (TPSA) is 33.1 Å². The van der Waals surface area contributed by atoms with Crippen LogP contribution in [0.15, 0.2) is 6.20 Å². The quantitative estimate of drug-likeness (QED) is 0.883. The van der Waals surface area contributed by atoms with Gasteiger partial charge in [-0.25, -0.2) is 0 Å². The summed E-state index contributed by atoms with van der Waals surface area (Å²) >= 11 is 0. The van der Waals surface area contributed by atoms with Crippen molar-refractivity contribution in [2.24, 2.45) is 13.0 Å². The van der Waals surface area contributed by atoms with Crippen LogP contribution in [-0.2, 0) is 13.5 Å². The van der Waals surface area contributed by atoms with Gasteiger partial charge in [-0.05, 0) is 39.3 Å². The highest BCUT2D eigenvalue weighted by Crippen LogP contribution is 2.29. The highest BCUT2D eigenvalue weighted by Gasteiger charge is 2.24. The molecule has 108 valence electrons. The summed E-state index contributed by atoms with van der Waals surface area (Å²) in [6, 6.07) is 1.07. The van der Waals surface area contributed by atoms with E-state index in [4.69, 9.17) is 0 Å². The van der Waals surface area contributed by atoms with E-state index in [9.17, 15) is 0 Å². The number of likely N-dealkylation sites (N-methyl/N-ethyl adjacent to an activating group) is 1. The van der Waals surface area contributed by atoms with Crippen LogP contribution >= 0.6 is 0 Å². The first-order valence-electron chi connectivity index (χ1n) is 7.41. The third kappa shape index (κ3) is 3.18. The number of hydrogen-bond donors (Lipinski definition) is 1. The molecule has 1 aromatic rings. The minimum atomic E-state index is 0.485. The van der Waals surface area contributed by atoms with Crippen LogP contribution in [0.1, 0.15) is 44.0 Å². The molecule has 0 amide bonds. The van der Waals surface area contributed by atoms with Crippen molar-refractivity contribution >= 4 is 0 Å². The maximum absolute atomic E-state index is 4.41. The summed E-state index contributed by atoms with van der Waals surface area (Å²) < 4.78 is 2.04. The summed E-state index contributed by atoms with van der Waals surface area (Å²) in [5.41, 5.74) is 2.82. The molecule has 1 aliphatic rings. The van der Waals surface area contributed by atoms with Gasteiger partial charge in [0.05, 0.1) is 6.20 Å². The molecule has 0 bridgehead atoms. The van der Waals surface area contributed by atoms with Crippen molar-refractivity contribution in [1.29, 1.82) is 0 Å². The Morgan fingerprint density at radius 2 is 2.21 bits per heavy atom. The molecule has 1 aromatic heterocycles. The molecule has 0 spiro atoms. The molecule has 0 aromatic carbocycles. The predicted octanol–water partition coefficient (Wildman–Crippen LogP) is 1.97. The smallest absolute Gasteiger partial charge is 0.0540 e. The van der Waals surface area contributed by atoms with Crippen LogP contribution in [0.3, 0.4) is 0 Å². The fourth-order valence-electron chi connectivity index (χ4n) is 3.20. The molecule has 4 heteroatoms. The molecule has 0 radical (unpaired) electrons. The Hall–Kier alpha value is -0.870. The fourth-order valence-corrected chi connectivity index (χ4v) is 3.20. The van der Waals surface area contributed by atoms with Crippen LogP contribution in [0, 0.1) is 5.92 Å². The van der Waals surface area contributed by atoms with Gasteiger partial charge in [-0.2, -0.15) is 5.10 Å². The number of nitrogens with one attached hydrogen (secondary N) is 1. The van der Waals surface area contributed by atoms with Gasteiger partial charge in [-0.15, -0.1) is 0 Å². The van der Waals surface area contributed by atoms with Crippen molar-refractivity contribution in [3.63, 3.8) is 0 Å². The lowest BCUT2D eigenvalue weighted by atomic mass is 9.92. The second kappa shape index (κ2) is 6.06. The van der Waals surface area contributed by atoms with Crippen molar-refractivity contribution in [3.8, 4) is 0 Å². The van der Waals surface area contributed by atoms with Crippen molar-refractivity contribution in [1.82, 2.24) is 20.0 Å². The van der Waals surface area contributed by atoms with E-state index in [1.165, 1.54) is 30.5 Å². The van der Waals surface area contributed by atoms with E-state index in [-0.39, 0.29) is 0 Å². The van der Waals surface area contributed by atoms with Gasteiger partial charge >= 0.3 is 0 Å². The monoisotopic (exact) mass is 264 g/mol.